The molecule has 0 aromatic heterocycles. The van der Waals surface area contributed by atoms with Gasteiger partial charge in [-0.1, -0.05) is 32.0 Å². The molecule has 0 saturated carbocycles. The summed E-state index contributed by atoms with van der Waals surface area (Å²) in [7, 11) is 0. The van der Waals surface area contributed by atoms with Crippen molar-refractivity contribution >= 4 is 11.6 Å². The van der Waals surface area contributed by atoms with Gasteiger partial charge < -0.3 is 11.1 Å². The highest BCUT2D eigenvalue weighted by Gasteiger charge is 2.14. The number of rotatable bonds is 4. The van der Waals surface area contributed by atoms with E-state index in [1.54, 1.807) is 0 Å². The van der Waals surface area contributed by atoms with E-state index in [0.717, 1.165) is 5.69 Å². The van der Waals surface area contributed by atoms with Crippen molar-refractivity contribution in [3.63, 3.8) is 0 Å². The van der Waals surface area contributed by atoms with Crippen LogP contribution >= 0.6 is 0 Å². The highest BCUT2D eigenvalue weighted by molar-refractivity contribution is 5.94. The Bertz CT molecular complexity index is 309. The number of benzene rings is 1. The third kappa shape index (κ3) is 4.13. The number of carbonyl (C=O) groups excluding carboxylic acids is 1. The van der Waals surface area contributed by atoms with Crippen LogP contribution in [0.3, 0.4) is 0 Å². The van der Waals surface area contributed by atoms with E-state index >= 15 is 0 Å². The van der Waals surface area contributed by atoms with Crippen molar-refractivity contribution in [3.8, 4) is 0 Å². The number of para-hydroxylation sites is 1. The first-order valence-electron chi connectivity index (χ1n) is 5.21. The van der Waals surface area contributed by atoms with Crippen molar-refractivity contribution in [2.45, 2.75) is 26.3 Å². The van der Waals surface area contributed by atoms with Gasteiger partial charge in [0.1, 0.15) is 0 Å². The van der Waals surface area contributed by atoms with Crippen LogP contribution in [0.2, 0.25) is 0 Å². The molecule has 1 amide bonds. The number of amides is 1. The zero-order chi connectivity index (χ0) is 11.3. The summed E-state index contributed by atoms with van der Waals surface area (Å²) in [6.07, 6.45) is 0.707. The fourth-order valence-electron chi connectivity index (χ4n) is 1.37. The van der Waals surface area contributed by atoms with E-state index in [1.165, 1.54) is 0 Å². The summed E-state index contributed by atoms with van der Waals surface area (Å²) >= 11 is 0. The van der Waals surface area contributed by atoms with Gasteiger partial charge >= 0.3 is 0 Å². The predicted octanol–water partition coefficient (Wildman–Crippen LogP) is 2.00. The lowest BCUT2D eigenvalue weighted by atomic mass is 10.0. The molecule has 0 saturated heterocycles. The summed E-state index contributed by atoms with van der Waals surface area (Å²) in [6.45, 7) is 4.10. The van der Waals surface area contributed by atoms with Gasteiger partial charge in [0, 0.05) is 5.69 Å². The van der Waals surface area contributed by atoms with Gasteiger partial charge in [-0.2, -0.15) is 0 Å². The third-order valence-corrected chi connectivity index (χ3v) is 2.10. The Labute approximate surface area is 90.7 Å². The van der Waals surface area contributed by atoms with Gasteiger partial charge in [-0.15, -0.1) is 0 Å². The second kappa shape index (κ2) is 5.51. The normalized spacial score (nSPS) is 12.5. The molecule has 3 heteroatoms. The summed E-state index contributed by atoms with van der Waals surface area (Å²) in [4.78, 5) is 11.6. The van der Waals surface area contributed by atoms with Crippen LogP contribution in [0.4, 0.5) is 5.69 Å². The summed E-state index contributed by atoms with van der Waals surface area (Å²) in [5.74, 6) is 0.316. The first-order valence-corrected chi connectivity index (χ1v) is 5.21. The minimum atomic E-state index is -0.426. The van der Waals surface area contributed by atoms with Gasteiger partial charge in [0.25, 0.3) is 0 Å². The molecule has 3 nitrogen and oxygen atoms in total. The molecule has 3 N–H and O–H groups in total. The lowest BCUT2D eigenvalue weighted by molar-refractivity contribution is -0.117. The quantitative estimate of drug-likeness (QED) is 0.791. The van der Waals surface area contributed by atoms with Crippen LogP contribution in [0.15, 0.2) is 30.3 Å². The van der Waals surface area contributed by atoms with E-state index in [2.05, 4.69) is 19.2 Å². The Balaban J connectivity index is 2.49. The Morgan fingerprint density at radius 1 is 1.33 bits per heavy atom. The van der Waals surface area contributed by atoms with Gasteiger partial charge in [-0.25, -0.2) is 0 Å². The zero-order valence-corrected chi connectivity index (χ0v) is 9.23. The molecule has 0 bridgehead atoms. The second-order valence-corrected chi connectivity index (χ2v) is 4.09. The number of carbonyl (C=O) groups is 1. The van der Waals surface area contributed by atoms with E-state index in [0.29, 0.717) is 12.3 Å². The average Bonchev–Trinajstić information content (AvgIpc) is 2.18. The number of nitrogens with two attached hydrogens (primary N) is 1. The number of hydrogen-bond acceptors (Lipinski definition) is 2. The molecule has 0 spiro atoms. The molecular formula is C12H18N2O. The largest absolute Gasteiger partial charge is 0.325 e. The molecule has 82 valence electrons. The molecule has 0 aliphatic rings. The van der Waals surface area contributed by atoms with Crippen LogP contribution in [0.5, 0.6) is 0 Å². The molecule has 15 heavy (non-hydrogen) atoms. The minimum Gasteiger partial charge on any atom is -0.325 e. The van der Waals surface area contributed by atoms with E-state index in [1.807, 2.05) is 30.3 Å². The minimum absolute atomic E-state index is 0.116. The second-order valence-electron chi connectivity index (χ2n) is 4.09. The number of anilines is 1. The molecule has 0 fully saturated rings. The topological polar surface area (TPSA) is 55.1 Å². The summed E-state index contributed by atoms with van der Waals surface area (Å²) in [5, 5.41) is 2.78. The smallest absolute Gasteiger partial charge is 0.241 e. The zero-order valence-electron chi connectivity index (χ0n) is 9.23. The van der Waals surface area contributed by atoms with Crippen LogP contribution in [0, 0.1) is 5.92 Å². The summed E-state index contributed by atoms with van der Waals surface area (Å²) < 4.78 is 0. The fraction of sp³-hybridized carbons (Fsp3) is 0.417. The van der Waals surface area contributed by atoms with E-state index in [-0.39, 0.29) is 5.91 Å². The molecule has 0 aliphatic carbocycles. The van der Waals surface area contributed by atoms with Crippen molar-refractivity contribution in [2.24, 2.45) is 11.7 Å². The van der Waals surface area contributed by atoms with E-state index < -0.39 is 6.04 Å². The van der Waals surface area contributed by atoms with Gasteiger partial charge in [0.05, 0.1) is 6.04 Å². The molecule has 0 unspecified atom stereocenters. The van der Waals surface area contributed by atoms with Crippen LogP contribution < -0.4 is 11.1 Å². The first-order chi connectivity index (χ1) is 7.09. The maximum atomic E-state index is 11.6. The molecule has 1 aromatic carbocycles. The molecule has 0 heterocycles. The van der Waals surface area contributed by atoms with Gasteiger partial charge in [0.15, 0.2) is 0 Å². The third-order valence-electron chi connectivity index (χ3n) is 2.10. The number of hydrogen-bond donors (Lipinski definition) is 2. The van der Waals surface area contributed by atoms with Crippen molar-refractivity contribution in [1.82, 2.24) is 0 Å². The van der Waals surface area contributed by atoms with E-state index in [4.69, 9.17) is 5.73 Å². The van der Waals surface area contributed by atoms with Crippen LogP contribution in [0.1, 0.15) is 20.3 Å². The molecule has 1 aromatic rings. The maximum absolute atomic E-state index is 11.6. The lowest BCUT2D eigenvalue weighted by Crippen LogP contribution is -2.36. The Hall–Kier alpha value is -1.35. The molecular weight excluding hydrogens is 188 g/mol. The average molecular weight is 206 g/mol. The molecule has 1 atom stereocenters. The van der Waals surface area contributed by atoms with Crippen molar-refractivity contribution in [3.05, 3.63) is 30.3 Å². The van der Waals surface area contributed by atoms with E-state index in [9.17, 15) is 4.79 Å². The van der Waals surface area contributed by atoms with Crippen molar-refractivity contribution < 1.29 is 4.79 Å². The fourth-order valence-corrected chi connectivity index (χ4v) is 1.37. The predicted molar refractivity (Wildman–Crippen MR) is 62.5 cm³/mol. The van der Waals surface area contributed by atoms with Crippen molar-refractivity contribution in [2.75, 3.05) is 5.32 Å². The Morgan fingerprint density at radius 3 is 2.47 bits per heavy atom. The first kappa shape index (κ1) is 11.7. The Kier molecular flexibility index (Phi) is 4.31. The van der Waals surface area contributed by atoms with Crippen molar-refractivity contribution in [1.29, 1.82) is 0 Å². The van der Waals surface area contributed by atoms with Crippen LogP contribution in [-0.4, -0.2) is 11.9 Å². The van der Waals surface area contributed by atoms with Gasteiger partial charge in [0.2, 0.25) is 5.91 Å². The summed E-state index contributed by atoms with van der Waals surface area (Å²) in [6, 6.07) is 8.93. The number of nitrogens with one attached hydrogen (secondary N) is 1. The summed E-state index contributed by atoms with van der Waals surface area (Å²) in [5.41, 5.74) is 6.55. The standard InChI is InChI=1S/C12H18N2O/c1-9(2)8-11(13)12(15)14-10-6-4-3-5-7-10/h3-7,9,11H,8,13H2,1-2H3,(H,14,15)/t11-/m0/s1. The SMILES string of the molecule is CC(C)C[C@H](N)C(=O)Nc1ccccc1. The highest BCUT2D eigenvalue weighted by Crippen LogP contribution is 2.08. The highest BCUT2D eigenvalue weighted by atomic mass is 16.2. The lowest BCUT2D eigenvalue weighted by Gasteiger charge is -2.13. The maximum Gasteiger partial charge on any atom is 0.241 e. The monoisotopic (exact) mass is 206 g/mol. The van der Waals surface area contributed by atoms with Gasteiger partial charge in [-0.3, -0.25) is 4.79 Å². The van der Waals surface area contributed by atoms with Gasteiger partial charge in [-0.05, 0) is 24.5 Å². The Morgan fingerprint density at radius 2 is 1.93 bits per heavy atom. The van der Waals surface area contributed by atoms with Crippen LogP contribution in [-0.2, 0) is 4.79 Å². The molecule has 0 radical (unpaired) electrons. The molecule has 1 rings (SSSR count). The molecule has 0 aliphatic heterocycles. The van der Waals surface area contributed by atoms with Crippen LogP contribution in [0.25, 0.3) is 0 Å².